The van der Waals surface area contributed by atoms with Gasteiger partial charge in [0.15, 0.2) is 0 Å². The van der Waals surface area contributed by atoms with Crippen molar-refractivity contribution in [2.45, 2.75) is 10.8 Å². The highest BCUT2D eigenvalue weighted by Crippen LogP contribution is 2.29. The Labute approximate surface area is 125 Å². The van der Waals surface area contributed by atoms with Crippen molar-refractivity contribution >= 4 is 29.3 Å². The molecule has 0 aliphatic rings. The maximum atomic E-state index is 13.1. The molecule has 0 radical (unpaired) electrons. The molecule has 1 atom stereocenters. The Balaban J connectivity index is 2.10. The lowest BCUT2D eigenvalue weighted by Crippen LogP contribution is -2.14. The lowest BCUT2D eigenvalue weighted by Gasteiger charge is -2.12. The van der Waals surface area contributed by atoms with Crippen LogP contribution in [0.5, 0.6) is 0 Å². The van der Waals surface area contributed by atoms with Gasteiger partial charge in [0.25, 0.3) is 0 Å². The number of rotatable bonds is 5. The summed E-state index contributed by atoms with van der Waals surface area (Å²) < 4.78 is 13.1. The van der Waals surface area contributed by atoms with Crippen LogP contribution in [-0.4, -0.2) is 16.8 Å². The summed E-state index contributed by atoms with van der Waals surface area (Å²) in [4.78, 5) is 12.1. The SMILES string of the molecule is O=C(O)C(CSc1ccc(F)c(Cl)c1)c1ccccc1. The molecular formula is C15H12ClFO2S. The van der Waals surface area contributed by atoms with Gasteiger partial charge in [-0.15, -0.1) is 11.8 Å². The number of thioether (sulfide) groups is 1. The van der Waals surface area contributed by atoms with Crippen molar-refractivity contribution in [2.24, 2.45) is 0 Å². The van der Waals surface area contributed by atoms with Crippen LogP contribution in [0, 0.1) is 5.82 Å². The molecule has 0 bridgehead atoms. The van der Waals surface area contributed by atoms with Crippen molar-refractivity contribution in [3.63, 3.8) is 0 Å². The summed E-state index contributed by atoms with van der Waals surface area (Å²) in [6.07, 6.45) is 0. The van der Waals surface area contributed by atoms with Crippen LogP contribution in [0.3, 0.4) is 0 Å². The van der Waals surface area contributed by atoms with E-state index >= 15 is 0 Å². The summed E-state index contributed by atoms with van der Waals surface area (Å²) in [7, 11) is 0. The Bertz CT molecular complexity index is 604. The predicted molar refractivity (Wildman–Crippen MR) is 79.0 cm³/mol. The normalized spacial score (nSPS) is 12.1. The number of hydrogen-bond acceptors (Lipinski definition) is 2. The van der Waals surface area contributed by atoms with Gasteiger partial charge in [-0.3, -0.25) is 4.79 Å². The Morgan fingerprint density at radius 1 is 1.25 bits per heavy atom. The Hall–Kier alpha value is -1.52. The van der Waals surface area contributed by atoms with Crippen molar-refractivity contribution in [3.8, 4) is 0 Å². The van der Waals surface area contributed by atoms with Crippen LogP contribution in [-0.2, 0) is 4.79 Å². The van der Waals surface area contributed by atoms with E-state index in [0.29, 0.717) is 5.75 Å². The molecule has 0 aliphatic heterocycles. The van der Waals surface area contributed by atoms with E-state index in [0.717, 1.165) is 10.5 Å². The lowest BCUT2D eigenvalue weighted by molar-refractivity contribution is -0.138. The van der Waals surface area contributed by atoms with Crippen LogP contribution < -0.4 is 0 Å². The second-order valence-electron chi connectivity index (χ2n) is 4.19. The molecule has 2 rings (SSSR count). The fourth-order valence-electron chi connectivity index (χ4n) is 1.74. The quantitative estimate of drug-likeness (QED) is 0.830. The van der Waals surface area contributed by atoms with Gasteiger partial charge in [0.05, 0.1) is 10.9 Å². The molecule has 0 aromatic heterocycles. The molecule has 2 nitrogen and oxygen atoms in total. The molecular weight excluding hydrogens is 299 g/mol. The molecule has 2 aromatic carbocycles. The smallest absolute Gasteiger partial charge is 0.311 e. The first-order valence-corrected chi connectivity index (χ1v) is 7.30. The van der Waals surface area contributed by atoms with E-state index in [-0.39, 0.29) is 5.02 Å². The highest BCUT2D eigenvalue weighted by molar-refractivity contribution is 7.99. The molecule has 0 aliphatic carbocycles. The summed E-state index contributed by atoms with van der Waals surface area (Å²) in [6.45, 7) is 0. The highest BCUT2D eigenvalue weighted by Gasteiger charge is 2.19. The molecule has 0 spiro atoms. The van der Waals surface area contributed by atoms with E-state index in [9.17, 15) is 14.3 Å². The number of carboxylic acid groups (broad SMARTS) is 1. The minimum absolute atomic E-state index is 0.0431. The summed E-state index contributed by atoms with van der Waals surface area (Å²) in [5, 5.41) is 9.35. The Morgan fingerprint density at radius 2 is 1.95 bits per heavy atom. The molecule has 0 heterocycles. The van der Waals surface area contributed by atoms with E-state index in [4.69, 9.17) is 11.6 Å². The largest absolute Gasteiger partial charge is 0.481 e. The van der Waals surface area contributed by atoms with Gasteiger partial charge in [0.1, 0.15) is 5.82 Å². The van der Waals surface area contributed by atoms with Gasteiger partial charge < -0.3 is 5.11 Å². The van der Waals surface area contributed by atoms with Gasteiger partial charge in [-0.25, -0.2) is 4.39 Å². The van der Waals surface area contributed by atoms with Crippen LogP contribution >= 0.6 is 23.4 Å². The summed E-state index contributed by atoms with van der Waals surface area (Å²) in [5.41, 5.74) is 0.751. The average Bonchev–Trinajstić information content (AvgIpc) is 2.44. The molecule has 0 saturated heterocycles. The zero-order chi connectivity index (χ0) is 14.5. The standard InChI is InChI=1S/C15H12ClFO2S/c16-13-8-11(6-7-14(13)17)20-9-12(15(18)19)10-4-2-1-3-5-10/h1-8,12H,9H2,(H,18,19). The van der Waals surface area contributed by atoms with Crippen LogP contribution in [0.15, 0.2) is 53.4 Å². The maximum absolute atomic E-state index is 13.1. The van der Waals surface area contributed by atoms with E-state index < -0.39 is 17.7 Å². The van der Waals surface area contributed by atoms with Crippen molar-refractivity contribution in [2.75, 3.05) is 5.75 Å². The molecule has 1 unspecified atom stereocenters. The van der Waals surface area contributed by atoms with Gasteiger partial charge in [-0.2, -0.15) is 0 Å². The summed E-state index contributed by atoms with van der Waals surface area (Å²) >= 11 is 7.05. The monoisotopic (exact) mass is 310 g/mol. The minimum Gasteiger partial charge on any atom is -0.481 e. The second kappa shape index (κ2) is 6.77. The van der Waals surface area contributed by atoms with Crippen LogP contribution in [0.4, 0.5) is 4.39 Å². The van der Waals surface area contributed by atoms with E-state index in [1.165, 1.54) is 23.9 Å². The Morgan fingerprint density at radius 3 is 2.55 bits per heavy atom. The maximum Gasteiger partial charge on any atom is 0.311 e. The van der Waals surface area contributed by atoms with Crippen molar-refractivity contribution in [1.82, 2.24) is 0 Å². The van der Waals surface area contributed by atoms with Gasteiger partial charge in [-0.05, 0) is 23.8 Å². The zero-order valence-corrected chi connectivity index (χ0v) is 12.0. The van der Waals surface area contributed by atoms with Crippen LogP contribution in [0.25, 0.3) is 0 Å². The molecule has 5 heteroatoms. The minimum atomic E-state index is -0.878. The van der Waals surface area contributed by atoms with Gasteiger partial charge in [0.2, 0.25) is 0 Å². The lowest BCUT2D eigenvalue weighted by atomic mass is 10.0. The second-order valence-corrected chi connectivity index (χ2v) is 5.69. The van der Waals surface area contributed by atoms with Crippen molar-refractivity contribution in [1.29, 1.82) is 0 Å². The average molecular weight is 311 g/mol. The highest BCUT2D eigenvalue weighted by atomic mass is 35.5. The molecule has 1 N–H and O–H groups in total. The van der Waals surface area contributed by atoms with E-state index in [1.807, 2.05) is 18.2 Å². The zero-order valence-electron chi connectivity index (χ0n) is 10.4. The molecule has 2 aromatic rings. The van der Waals surface area contributed by atoms with Crippen LogP contribution in [0.1, 0.15) is 11.5 Å². The molecule has 0 saturated carbocycles. The number of aliphatic carboxylic acids is 1. The van der Waals surface area contributed by atoms with Crippen LogP contribution in [0.2, 0.25) is 5.02 Å². The van der Waals surface area contributed by atoms with Gasteiger partial charge in [-0.1, -0.05) is 41.9 Å². The third-order valence-corrected chi connectivity index (χ3v) is 4.18. The molecule has 20 heavy (non-hydrogen) atoms. The van der Waals surface area contributed by atoms with E-state index in [2.05, 4.69) is 0 Å². The van der Waals surface area contributed by atoms with Gasteiger partial charge in [0, 0.05) is 10.6 Å². The first-order valence-electron chi connectivity index (χ1n) is 5.93. The first kappa shape index (κ1) is 14.9. The fourth-order valence-corrected chi connectivity index (χ4v) is 3.05. The number of carboxylic acids is 1. The summed E-state index contributed by atoms with van der Waals surface area (Å²) in [5.74, 6) is -1.60. The first-order chi connectivity index (χ1) is 9.58. The number of carbonyl (C=O) groups is 1. The molecule has 104 valence electrons. The predicted octanol–water partition coefficient (Wildman–Crippen LogP) is 4.44. The van der Waals surface area contributed by atoms with Crippen molar-refractivity contribution < 1.29 is 14.3 Å². The van der Waals surface area contributed by atoms with E-state index in [1.54, 1.807) is 18.2 Å². The number of benzene rings is 2. The van der Waals surface area contributed by atoms with Gasteiger partial charge >= 0.3 is 5.97 Å². The molecule has 0 amide bonds. The van der Waals surface area contributed by atoms with Crippen molar-refractivity contribution in [3.05, 3.63) is 64.9 Å². The third kappa shape index (κ3) is 3.74. The third-order valence-electron chi connectivity index (χ3n) is 2.81. The number of halogens is 2. The molecule has 0 fully saturated rings. The fraction of sp³-hybridized carbons (Fsp3) is 0.133. The summed E-state index contributed by atoms with van der Waals surface area (Å²) in [6, 6.07) is 13.4. The number of hydrogen-bond donors (Lipinski definition) is 1. The Kier molecular flexibility index (Phi) is 5.04. The topological polar surface area (TPSA) is 37.3 Å².